The molecule has 6 nitrogen and oxygen atoms in total. The van der Waals surface area contributed by atoms with Crippen molar-refractivity contribution in [2.75, 3.05) is 38.3 Å². The average molecular weight is 412 g/mol. The number of rotatable bonds is 7. The van der Waals surface area contributed by atoms with E-state index in [0.717, 1.165) is 36.1 Å². The van der Waals surface area contributed by atoms with Gasteiger partial charge in [0.2, 0.25) is 5.91 Å². The summed E-state index contributed by atoms with van der Waals surface area (Å²) in [6, 6.07) is 4.52. The van der Waals surface area contributed by atoms with Crippen LogP contribution in [0.4, 0.5) is 4.39 Å². The van der Waals surface area contributed by atoms with Gasteiger partial charge in [-0.05, 0) is 31.0 Å². The number of aromatic nitrogens is 1. The third-order valence-electron chi connectivity index (χ3n) is 4.29. The number of carbonyl (C=O) groups is 2. The monoisotopic (exact) mass is 411 g/mol. The zero-order valence-corrected chi connectivity index (χ0v) is 16.8. The maximum absolute atomic E-state index is 13.5. The highest BCUT2D eigenvalue weighted by molar-refractivity contribution is 8.00. The second kappa shape index (κ2) is 9.48. The summed E-state index contributed by atoms with van der Waals surface area (Å²) in [5.41, 5.74) is 0.821. The molecular weight excluding hydrogens is 389 g/mol. The Balaban J connectivity index is 1.69. The number of nitrogens with zero attached hydrogens (tertiary/aromatic N) is 3. The molecular formula is C18H22FN3O3S2. The minimum absolute atomic E-state index is 0.0813. The number of thiazole rings is 1. The second-order valence-corrected chi connectivity index (χ2v) is 8.22. The lowest BCUT2D eigenvalue weighted by Crippen LogP contribution is -2.29. The van der Waals surface area contributed by atoms with Crippen LogP contribution in [0.25, 0.3) is 10.2 Å². The smallest absolute Gasteiger partial charge is 0.258 e. The van der Waals surface area contributed by atoms with Gasteiger partial charge in [0.1, 0.15) is 5.82 Å². The van der Waals surface area contributed by atoms with Crippen molar-refractivity contribution in [1.29, 1.82) is 0 Å². The highest BCUT2D eigenvalue weighted by atomic mass is 32.2. The molecule has 0 spiro atoms. The van der Waals surface area contributed by atoms with Crippen molar-refractivity contribution in [2.24, 2.45) is 4.99 Å². The first-order valence-electron chi connectivity index (χ1n) is 8.79. The molecule has 0 N–H and O–H groups in total. The lowest BCUT2D eigenvalue weighted by atomic mass is 10.3. The number of amides is 2. The third kappa shape index (κ3) is 5.18. The summed E-state index contributed by atoms with van der Waals surface area (Å²) in [4.78, 5) is 30.8. The van der Waals surface area contributed by atoms with Crippen LogP contribution in [0.15, 0.2) is 23.2 Å². The molecule has 2 aromatic rings. The van der Waals surface area contributed by atoms with Gasteiger partial charge < -0.3 is 14.2 Å². The summed E-state index contributed by atoms with van der Waals surface area (Å²) < 4.78 is 21.2. The van der Waals surface area contributed by atoms with E-state index in [2.05, 4.69) is 4.99 Å². The van der Waals surface area contributed by atoms with Crippen molar-refractivity contribution in [3.8, 4) is 0 Å². The maximum Gasteiger partial charge on any atom is 0.258 e. The summed E-state index contributed by atoms with van der Waals surface area (Å²) >= 11 is 2.56. The number of ether oxygens (including phenoxy) is 1. The molecule has 0 aliphatic carbocycles. The average Bonchev–Trinajstić information content (AvgIpc) is 3.27. The normalized spacial score (nSPS) is 15.0. The molecule has 146 valence electrons. The van der Waals surface area contributed by atoms with Crippen LogP contribution in [0.3, 0.4) is 0 Å². The Hall–Kier alpha value is -1.71. The number of thioether (sulfide) groups is 1. The lowest BCUT2D eigenvalue weighted by Gasteiger charge is -2.14. The molecule has 3 rings (SSSR count). The van der Waals surface area contributed by atoms with E-state index < -0.39 is 0 Å². The van der Waals surface area contributed by atoms with Gasteiger partial charge in [0.15, 0.2) is 4.80 Å². The fourth-order valence-electron chi connectivity index (χ4n) is 2.95. The van der Waals surface area contributed by atoms with E-state index in [9.17, 15) is 14.0 Å². The van der Waals surface area contributed by atoms with E-state index in [-0.39, 0.29) is 23.4 Å². The summed E-state index contributed by atoms with van der Waals surface area (Å²) in [6.07, 6.45) is 2.11. The Morgan fingerprint density at radius 2 is 2.07 bits per heavy atom. The number of methoxy groups -OCH3 is 1. The van der Waals surface area contributed by atoms with Crippen LogP contribution < -0.4 is 4.80 Å². The van der Waals surface area contributed by atoms with Gasteiger partial charge in [0.25, 0.3) is 5.91 Å². The molecule has 0 bridgehead atoms. The molecule has 1 aliphatic rings. The molecule has 27 heavy (non-hydrogen) atoms. The van der Waals surface area contributed by atoms with E-state index >= 15 is 0 Å². The van der Waals surface area contributed by atoms with Crippen LogP contribution in [0.5, 0.6) is 0 Å². The van der Waals surface area contributed by atoms with Crippen LogP contribution >= 0.6 is 23.1 Å². The highest BCUT2D eigenvalue weighted by Crippen LogP contribution is 2.19. The number of benzene rings is 1. The Kier molecular flexibility index (Phi) is 7.03. The van der Waals surface area contributed by atoms with Crippen LogP contribution in [0.1, 0.15) is 12.8 Å². The van der Waals surface area contributed by atoms with E-state index in [0.29, 0.717) is 23.7 Å². The molecule has 0 saturated carbocycles. The van der Waals surface area contributed by atoms with Gasteiger partial charge in [-0.25, -0.2) is 4.39 Å². The Bertz CT molecular complexity index is 888. The van der Waals surface area contributed by atoms with E-state index in [1.165, 1.54) is 35.2 Å². The molecule has 1 fully saturated rings. The van der Waals surface area contributed by atoms with Gasteiger partial charge in [-0.15, -0.1) is 11.8 Å². The van der Waals surface area contributed by atoms with E-state index in [4.69, 9.17) is 4.74 Å². The molecule has 0 unspecified atom stereocenters. The highest BCUT2D eigenvalue weighted by Gasteiger charge is 2.18. The quantitative estimate of drug-likeness (QED) is 0.701. The Morgan fingerprint density at radius 3 is 2.81 bits per heavy atom. The molecule has 0 radical (unpaired) electrons. The molecule has 1 aromatic heterocycles. The van der Waals surface area contributed by atoms with Gasteiger partial charge in [0.05, 0.1) is 28.3 Å². The zero-order valence-electron chi connectivity index (χ0n) is 15.1. The van der Waals surface area contributed by atoms with Gasteiger partial charge in [-0.3, -0.25) is 9.59 Å². The van der Waals surface area contributed by atoms with Crippen LogP contribution in [0.2, 0.25) is 0 Å². The van der Waals surface area contributed by atoms with Crippen LogP contribution in [-0.2, 0) is 20.9 Å². The van der Waals surface area contributed by atoms with Crippen molar-refractivity contribution < 1.29 is 18.7 Å². The fraction of sp³-hybridized carbons (Fsp3) is 0.500. The summed E-state index contributed by atoms with van der Waals surface area (Å²) in [5, 5.41) is 0. The van der Waals surface area contributed by atoms with Crippen molar-refractivity contribution >= 4 is 45.1 Å². The lowest BCUT2D eigenvalue weighted by molar-refractivity contribution is -0.127. The molecule has 1 aromatic carbocycles. The maximum atomic E-state index is 13.5. The Morgan fingerprint density at radius 1 is 1.30 bits per heavy atom. The van der Waals surface area contributed by atoms with Crippen LogP contribution in [-0.4, -0.2) is 59.6 Å². The van der Waals surface area contributed by atoms with Crippen molar-refractivity contribution in [3.63, 3.8) is 0 Å². The molecule has 1 aliphatic heterocycles. The summed E-state index contributed by atoms with van der Waals surface area (Å²) in [5.74, 6) is -0.101. The zero-order chi connectivity index (χ0) is 19.2. The number of hydrogen-bond acceptors (Lipinski definition) is 5. The van der Waals surface area contributed by atoms with Gasteiger partial charge in [-0.2, -0.15) is 4.99 Å². The minimum Gasteiger partial charge on any atom is -0.383 e. The first-order valence-corrected chi connectivity index (χ1v) is 10.8. The fourth-order valence-corrected chi connectivity index (χ4v) is 4.75. The molecule has 2 heterocycles. The van der Waals surface area contributed by atoms with Crippen molar-refractivity contribution in [2.45, 2.75) is 19.4 Å². The number of halogens is 1. The SMILES string of the molecule is COCCn1c(=NC(=O)CSCC(=O)N2CCCC2)sc2cc(F)ccc21. The third-order valence-corrected chi connectivity index (χ3v) is 6.24. The van der Waals surface area contributed by atoms with Crippen molar-refractivity contribution in [3.05, 3.63) is 28.8 Å². The van der Waals surface area contributed by atoms with Gasteiger partial charge in [0, 0.05) is 26.7 Å². The van der Waals surface area contributed by atoms with Gasteiger partial charge in [-0.1, -0.05) is 11.3 Å². The number of hydrogen-bond donors (Lipinski definition) is 0. The molecule has 2 amide bonds. The van der Waals surface area contributed by atoms with E-state index in [1.807, 2.05) is 9.47 Å². The van der Waals surface area contributed by atoms with Gasteiger partial charge >= 0.3 is 0 Å². The first kappa shape index (κ1) is 20.0. The Labute approximate surface area is 165 Å². The van der Waals surface area contributed by atoms with Crippen molar-refractivity contribution in [1.82, 2.24) is 9.47 Å². The number of carbonyl (C=O) groups excluding carboxylic acids is 2. The minimum atomic E-state index is -0.323. The number of fused-ring (bicyclic) bond motifs is 1. The van der Waals surface area contributed by atoms with E-state index in [1.54, 1.807) is 13.2 Å². The molecule has 1 saturated heterocycles. The largest absolute Gasteiger partial charge is 0.383 e. The summed E-state index contributed by atoms with van der Waals surface area (Å²) in [7, 11) is 1.60. The summed E-state index contributed by atoms with van der Waals surface area (Å²) in [6.45, 7) is 2.61. The molecule has 9 heteroatoms. The molecule has 0 atom stereocenters. The first-order chi connectivity index (χ1) is 13.1. The predicted molar refractivity (Wildman–Crippen MR) is 105 cm³/mol. The second-order valence-electron chi connectivity index (χ2n) is 6.23. The topological polar surface area (TPSA) is 63.9 Å². The van der Waals surface area contributed by atoms with Crippen LogP contribution in [0, 0.1) is 5.82 Å². The predicted octanol–water partition coefficient (Wildman–Crippen LogP) is 2.27. The number of likely N-dealkylation sites (tertiary alicyclic amines) is 1. The standard InChI is InChI=1S/C18H22FN3O3S2/c1-25-9-8-22-14-5-4-13(19)10-15(14)27-18(22)20-16(23)11-26-12-17(24)21-6-2-3-7-21/h4-5,10H,2-3,6-9,11-12H2,1H3.